The van der Waals surface area contributed by atoms with E-state index in [-0.39, 0.29) is 11.7 Å². The van der Waals surface area contributed by atoms with E-state index in [2.05, 4.69) is 17.2 Å². The Morgan fingerprint density at radius 3 is 2.51 bits per heavy atom. The quantitative estimate of drug-likeness (QED) is 0.410. The van der Waals surface area contributed by atoms with Gasteiger partial charge in [0.25, 0.3) is 5.91 Å². The molecule has 198 valence electrons. The van der Waals surface area contributed by atoms with E-state index >= 15 is 0 Å². The molecule has 0 spiro atoms. The average Bonchev–Trinajstić information content (AvgIpc) is 3.25. The highest BCUT2D eigenvalue weighted by molar-refractivity contribution is 6.04. The van der Waals surface area contributed by atoms with Crippen LogP contribution < -0.4 is 5.32 Å². The van der Waals surface area contributed by atoms with Crippen molar-refractivity contribution < 1.29 is 32.6 Å². The Hall–Kier alpha value is -3.47. The predicted octanol–water partition coefficient (Wildman–Crippen LogP) is 5.79. The van der Waals surface area contributed by atoms with E-state index in [1.165, 1.54) is 6.07 Å². The first kappa shape index (κ1) is 26.6. The highest BCUT2D eigenvalue weighted by atomic mass is 19.4. The smallest absolute Gasteiger partial charge is 0.433 e. The lowest BCUT2D eigenvalue weighted by Gasteiger charge is -2.27. The molecule has 4 rings (SSSR count). The summed E-state index contributed by atoms with van der Waals surface area (Å²) in [7, 11) is 0. The summed E-state index contributed by atoms with van der Waals surface area (Å²) in [6.45, 7) is 4.95. The number of carbonyl (C=O) groups excluding carboxylic acids is 1. The van der Waals surface area contributed by atoms with Crippen LogP contribution in [0.15, 0.2) is 36.5 Å². The number of alkyl halides is 3. The third kappa shape index (κ3) is 6.10. The van der Waals surface area contributed by atoms with Crippen LogP contribution in [0.5, 0.6) is 0 Å². The lowest BCUT2D eigenvalue weighted by Crippen LogP contribution is -2.27. The standard InChI is InChI=1S/C26H29F3N4O4/c1-15-7-9-17(10-8-15)33-13-16-11-21(18(12-20(16)32-33)25(2,3)37-14-23(34)35)31-24(36)19-5-4-6-22(30-19)26(27,28)29/h4-6,11-13,15,17H,7-10,14H2,1-3H3,(H,31,36)(H,34,35). The van der Waals surface area contributed by atoms with Crippen molar-refractivity contribution in [3.05, 3.63) is 53.5 Å². The van der Waals surface area contributed by atoms with Gasteiger partial charge in [-0.3, -0.25) is 9.48 Å². The summed E-state index contributed by atoms with van der Waals surface area (Å²) in [5.41, 5.74) is -1.41. The van der Waals surface area contributed by atoms with Crippen LogP contribution in [-0.4, -0.2) is 38.4 Å². The molecule has 1 aromatic carbocycles. The van der Waals surface area contributed by atoms with Crippen molar-refractivity contribution in [2.45, 2.75) is 64.3 Å². The van der Waals surface area contributed by atoms with E-state index in [1.807, 2.05) is 10.9 Å². The number of rotatable bonds is 7. The molecule has 3 aromatic rings. The zero-order valence-electron chi connectivity index (χ0n) is 20.8. The van der Waals surface area contributed by atoms with E-state index in [4.69, 9.17) is 14.9 Å². The Bertz CT molecular complexity index is 1310. The second-order valence-corrected chi connectivity index (χ2v) is 10.0. The Morgan fingerprint density at radius 2 is 1.86 bits per heavy atom. The van der Waals surface area contributed by atoms with Gasteiger partial charge < -0.3 is 15.2 Å². The first-order valence-electron chi connectivity index (χ1n) is 12.1. The maximum atomic E-state index is 13.1. The molecule has 0 saturated heterocycles. The molecule has 8 nitrogen and oxygen atoms in total. The fraction of sp³-hybridized carbons (Fsp3) is 0.462. The largest absolute Gasteiger partial charge is 0.480 e. The van der Waals surface area contributed by atoms with Gasteiger partial charge in [0.15, 0.2) is 0 Å². The number of halogens is 3. The molecule has 0 aliphatic heterocycles. The first-order valence-corrected chi connectivity index (χ1v) is 12.1. The number of anilines is 1. The normalized spacial score (nSPS) is 18.6. The van der Waals surface area contributed by atoms with Crippen LogP contribution in [0.2, 0.25) is 0 Å². The Morgan fingerprint density at radius 1 is 1.16 bits per heavy atom. The fourth-order valence-corrected chi connectivity index (χ4v) is 4.61. The van der Waals surface area contributed by atoms with E-state index in [0.29, 0.717) is 17.0 Å². The molecule has 37 heavy (non-hydrogen) atoms. The molecule has 1 aliphatic carbocycles. The summed E-state index contributed by atoms with van der Waals surface area (Å²) in [5.74, 6) is -1.33. The van der Waals surface area contributed by atoms with Gasteiger partial charge in [-0.25, -0.2) is 9.78 Å². The molecule has 0 atom stereocenters. The molecule has 1 amide bonds. The minimum absolute atomic E-state index is 0.246. The first-order chi connectivity index (χ1) is 17.3. The predicted molar refractivity (Wildman–Crippen MR) is 130 cm³/mol. The number of benzene rings is 1. The number of fused-ring (bicyclic) bond motifs is 1. The number of carboxylic acid groups (broad SMARTS) is 1. The van der Waals surface area contributed by atoms with Gasteiger partial charge in [-0.05, 0) is 69.7 Å². The zero-order valence-corrected chi connectivity index (χ0v) is 20.8. The number of amides is 1. The van der Waals surface area contributed by atoms with E-state index < -0.39 is 41.6 Å². The Labute approximate surface area is 211 Å². The third-order valence-electron chi connectivity index (χ3n) is 6.75. The van der Waals surface area contributed by atoms with Gasteiger partial charge in [0.05, 0.1) is 17.2 Å². The average molecular weight is 519 g/mol. The summed E-state index contributed by atoms with van der Waals surface area (Å²) in [5, 5.41) is 17.2. The van der Waals surface area contributed by atoms with Gasteiger partial charge in [0, 0.05) is 22.8 Å². The van der Waals surface area contributed by atoms with Gasteiger partial charge in [0.1, 0.15) is 18.0 Å². The lowest BCUT2D eigenvalue weighted by atomic mass is 9.87. The maximum absolute atomic E-state index is 13.1. The molecule has 0 bridgehead atoms. The maximum Gasteiger partial charge on any atom is 0.433 e. The monoisotopic (exact) mass is 518 g/mol. The number of ether oxygens (including phenoxy) is 1. The van der Waals surface area contributed by atoms with Crippen LogP contribution in [-0.2, 0) is 21.3 Å². The zero-order chi connectivity index (χ0) is 27.0. The van der Waals surface area contributed by atoms with Crippen LogP contribution in [0, 0.1) is 5.92 Å². The number of nitrogens with one attached hydrogen (secondary N) is 1. The van der Waals surface area contributed by atoms with Gasteiger partial charge in [0.2, 0.25) is 0 Å². The second-order valence-electron chi connectivity index (χ2n) is 10.0. The van der Waals surface area contributed by atoms with Crippen LogP contribution in [0.1, 0.15) is 74.2 Å². The van der Waals surface area contributed by atoms with Crippen LogP contribution in [0.3, 0.4) is 0 Å². The highest BCUT2D eigenvalue weighted by Gasteiger charge is 2.33. The van der Waals surface area contributed by atoms with Crippen molar-refractivity contribution in [2.24, 2.45) is 5.92 Å². The van der Waals surface area contributed by atoms with E-state index in [1.54, 1.807) is 26.0 Å². The number of nitrogens with zero attached hydrogens (tertiary/aromatic N) is 3. The molecular weight excluding hydrogens is 489 g/mol. The van der Waals surface area contributed by atoms with Gasteiger partial charge in [-0.15, -0.1) is 0 Å². The molecule has 2 aromatic heterocycles. The number of hydrogen-bond acceptors (Lipinski definition) is 5. The van der Waals surface area contributed by atoms with Crippen molar-refractivity contribution >= 4 is 28.5 Å². The minimum atomic E-state index is -4.70. The molecule has 11 heteroatoms. The van der Waals surface area contributed by atoms with Crippen LogP contribution in [0.25, 0.3) is 10.9 Å². The van der Waals surface area contributed by atoms with Gasteiger partial charge in [-0.1, -0.05) is 13.0 Å². The Balaban J connectivity index is 1.72. The van der Waals surface area contributed by atoms with Crippen molar-refractivity contribution in [2.75, 3.05) is 11.9 Å². The topological polar surface area (TPSA) is 106 Å². The molecule has 2 heterocycles. The van der Waals surface area contributed by atoms with E-state index in [9.17, 15) is 22.8 Å². The molecule has 1 aliphatic rings. The number of carboxylic acids is 1. The Kier molecular flexibility index (Phi) is 7.27. The van der Waals surface area contributed by atoms with Gasteiger partial charge in [-0.2, -0.15) is 18.3 Å². The molecular formula is C26H29F3N4O4. The van der Waals surface area contributed by atoms with Crippen molar-refractivity contribution in [3.63, 3.8) is 0 Å². The van der Waals surface area contributed by atoms with Crippen molar-refractivity contribution in [1.29, 1.82) is 0 Å². The highest BCUT2D eigenvalue weighted by Crippen LogP contribution is 2.37. The van der Waals surface area contributed by atoms with Crippen LogP contribution >= 0.6 is 0 Å². The molecule has 0 unspecified atom stereocenters. The number of hydrogen-bond donors (Lipinski definition) is 2. The van der Waals surface area contributed by atoms with Crippen molar-refractivity contribution in [3.8, 4) is 0 Å². The molecule has 1 saturated carbocycles. The van der Waals surface area contributed by atoms with Crippen LogP contribution in [0.4, 0.5) is 18.9 Å². The number of carbonyl (C=O) groups is 2. The number of pyridine rings is 1. The number of aromatic nitrogens is 3. The lowest BCUT2D eigenvalue weighted by molar-refractivity contribution is -0.148. The summed E-state index contributed by atoms with van der Waals surface area (Å²) in [6, 6.07) is 6.74. The fourth-order valence-electron chi connectivity index (χ4n) is 4.61. The van der Waals surface area contributed by atoms with Gasteiger partial charge >= 0.3 is 12.1 Å². The van der Waals surface area contributed by atoms with Crippen molar-refractivity contribution in [1.82, 2.24) is 14.8 Å². The molecule has 1 fully saturated rings. The summed E-state index contributed by atoms with van der Waals surface area (Å²) < 4.78 is 46.9. The van der Waals surface area contributed by atoms with E-state index in [0.717, 1.165) is 43.2 Å². The third-order valence-corrected chi connectivity index (χ3v) is 6.75. The SMILES string of the molecule is CC1CCC(n2cc3cc(NC(=O)c4cccc(C(F)(F)F)n4)c(C(C)(C)OCC(=O)O)cc3n2)CC1. The molecule has 2 N–H and O–H groups in total. The summed E-state index contributed by atoms with van der Waals surface area (Å²) >= 11 is 0. The molecule has 0 radical (unpaired) electrons. The minimum Gasteiger partial charge on any atom is -0.480 e. The summed E-state index contributed by atoms with van der Waals surface area (Å²) in [6.07, 6.45) is 1.41. The second kappa shape index (κ2) is 10.1. The summed E-state index contributed by atoms with van der Waals surface area (Å²) in [4.78, 5) is 27.6. The number of aliphatic carboxylic acids is 1.